The Labute approximate surface area is 80.6 Å². The van der Waals surface area contributed by atoms with Crippen molar-refractivity contribution in [3.05, 3.63) is 30.1 Å². The van der Waals surface area contributed by atoms with E-state index in [-0.39, 0.29) is 0 Å². The Balaban J connectivity index is 2.58. The van der Waals surface area contributed by atoms with Crippen LogP contribution in [0, 0.1) is 0 Å². The predicted molar refractivity (Wildman–Crippen MR) is 56.1 cm³/mol. The molecular weight excluding hydrogens is 216 g/mol. The van der Waals surface area contributed by atoms with Gasteiger partial charge >= 0.3 is 0 Å². The van der Waals surface area contributed by atoms with Crippen LogP contribution in [0.2, 0.25) is 0 Å². The highest BCUT2D eigenvalue weighted by Crippen LogP contribution is 2.03. The second-order valence-corrected chi connectivity index (χ2v) is 3.19. The molecule has 0 atom stereocenters. The highest BCUT2D eigenvalue weighted by atomic mass is 79.9. The van der Waals surface area contributed by atoms with Crippen LogP contribution < -0.4 is 5.73 Å². The fourth-order valence-electron chi connectivity index (χ4n) is 0.782. The van der Waals surface area contributed by atoms with Crippen molar-refractivity contribution in [1.82, 2.24) is 4.98 Å². The molecule has 0 saturated carbocycles. The maximum Gasteiger partial charge on any atom is 0.0628 e. The SMILES string of the molecule is Nc1ccc(C=CCCBr)nc1. The van der Waals surface area contributed by atoms with E-state index in [1.807, 2.05) is 18.2 Å². The fraction of sp³-hybridized carbons (Fsp3) is 0.222. The van der Waals surface area contributed by atoms with E-state index in [2.05, 4.69) is 27.0 Å². The van der Waals surface area contributed by atoms with Gasteiger partial charge in [0.1, 0.15) is 0 Å². The molecule has 0 unspecified atom stereocenters. The van der Waals surface area contributed by atoms with Gasteiger partial charge in [-0.25, -0.2) is 0 Å². The van der Waals surface area contributed by atoms with Crippen LogP contribution in [0.5, 0.6) is 0 Å². The van der Waals surface area contributed by atoms with Crippen molar-refractivity contribution in [2.45, 2.75) is 6.42 Å². The number of hydrogen-bond donors (Lipinski definition) is 1. The first-order chi connectivity index (χ1) is 5.83. The lowest BCUT2D eigenvalue weighted by atomic mass is 10.3. The van der Waals surface area contributed by atoms with E-state index in [1.165, 1.54) is 0 Å². The second-order valence-electron chi connectivity index (χ2n) is 2.40. The summed E-state index contributed by atoms with van der Waals surface area (Å²) in [7, 11) is 0. The summed E-state index contributed by atoms with van der Waals surface area (Å²) in [6.45, 7) is 0. The smallest absolute Gasteiger partial charge is 0.0628 e. The third kappa shape index (κ3) is 3.05. The number of nitrogens with two attached hydrogens (primary N) is 1. The Morgan fingerprint density at radius 3 is 2.92 bits per heavy atom. The molecule has 64 valence electrons. The summed E-state index contributed by atoms with van der Waals surface area (Å²) >= 11 is 3.34. The van der Waals surface area contributed by atoms with Crippen LogP contribution in [0.15, 0.2) is 24.4 Å². The Kier molecular flexibility index (Phi) is 3.80. The summed E-state index contributed by atoms with van der Waals surface area (Å²) < 4.78 is 0. The molecule has 2 nitrogen and oxygen atoms in total. The number of anilines is 1. The third-order valence-corrected chi connectivity index (χ3v) is 1.83. The number of pyridine rings is 1. The molecule has 3 heteroatoms. The molecule has 1 rings (SSSR count). The van der Waals surface area contributed by atoms with E-state index in [0.29, 0.717) is 5.69 Å². The average molecular weight is 227 g/mol. The highest BCUT2D eigenvalue weighted by molar-refractivity contribution is 9.09. The molecule has 1 aromatic rings. The Hall–Kier alpha value is -0.830. The van der Waals surface area contributed by atoms with Crippen LogP contribution in [0.3, 0.4) is 0 Å². The number of hydrogen-bond acceptors (Lipinski definition) is 2. The number of aromatic nitrogens is 1. The zero-order valence-electron chi connectivity index (χ0n) is 6.70. The van der Waals surface area contributed by atoms with Crippen LogP contribution in [-0.2, 0) is 0 Å². The van der Waals surface area contributed by atoms with E-state index >= 15 is 0 Å². The van der Waals surface area contributed by atoms with E-state index in [0.717, 1.165) is 17.4 Å². The molecule has 0 fully saturated rings. The molecule has 2 N–H and O–H groups in total. The number of nitrogens with zero attached hydrogens (tertiary/aromatic N) is 1. The molecule has 0 aromatic carbocycles. The Morgan fingerprint density at radius 1 is 1.50 bits per heavy atom. The fourth-order valence-corrected chi connectivity index (χ4v) is 1.05. The van der Waals surface area contributed by atoms with Crippen LogP contribution in [0.1, 0.15) is 12.1 Å². The zero-order chi connectivity index (χ0) is 8.81. The summed E-state index contributed by atoms with van der Waals surface area (Å²) in [5.41, 5.74) is 7.14. The van der Waals surface area contributed by atoms with Crippen LogP contribution in [-0.4, -0.2) is 10.3 Å². The molecule has 0 aliphatic rings. The molecule has 0 saturated heterocycles. The largest absolute Gasteiger partial charge is 0.397 e. The minimum absolute atomic E-state index is 0.702. The topological polar surface area (TPSA) is 38.9 Å². The number of alkyl halides is 1. The van der Waals surface area contributed by atoms with Gasteiger partial charge in [-0.1, -0.05) is 22.0 Å². The summed E-state index contributed by atoms with van der Waals surface area (Å²) in [6.07, 6.45) is 6.74. The average Bonchev–Trinajstić information content (AvgIpc) is 2.09. The first kappa shape index (κ1) is 9.26. The maximum atomic E-state index is 5.49. The van der Waals surface area contributed by atoms with Gasteiger partial charge in [0.05, 0.1) is 17.6 Å². The molecule has 0 radical (unpaired) electrons. The van der Waals surface area contributed by atoms with E-state index in [9.17, 15) is 0 Å². The lowest BCUT2D eigenvalue weighted by Crippen LogP contribution is -1.86. The molecular formula is C9H11BrN2. The molecule has 1 aromatic heterocycles. The summed E-state index contributed by atoms with van der Waals surface area (Å²) in [4.78, 5) is 4.12. The van der Waals surface area contributed by atoms with E-state index in [4.69, 9.17) is 5.73 Å². The van der Waals surface area contributed by atoms with Gasteiger partial charge in [0.2, 0.25) is 0 Å². The molecule has 12 heavy (non-hydrogen) atoms. The predicted octanol–water partition coefficient (Wildman–Crippen LogP) is 2.46. The monoisotopic (exact) mass is 226 g/mol. The molecule has 0 spiro atoms. The minimum Gasteiger partial charge on any atom is -0.397 e. The summed E-state index contributed by atoms with van der Waals surface area (Å²) in [5, 5.41) is 0.985. The van der Waals surface area contributed by atoms with E-state index in [1.54, 1.807) is 6.20 Å². The van der Waals surface area contributed by atoms with Gasteiger partial charge in [-0.2, -0.15) is 0 Å². The van der Waals surface area contributed by atoms with Crippen molar-refractivity contribution in [2.75, 3.05) is 11.1 Å². The Morgan fingerprint density at radius 2 is 2.33 bits per heavy atom. The number of nitrogen functional groups attached to an aromatic ring is 1. The van der Waals surface area contributed by atoms with Gasteiger partial charge in [-0.05, 0) is 24.6 Å². The minimum atomic E-state index is 0.702. The highest BCUT2D eigenvalue weighted by Gasteiger charge is 1.86. The Bertz CT molecular complexity index is 254. The van der Waals surface area contributed by atoms with Gasteiger partial charge < -0.3 is 5.73 Å². The quantitative estimate of drug-likeness (QED) is 0.805. The molecule has 1 heterocycles. The van der Waals surface area contributed by atoms with Crippen molar-refractivity contribution in [3.63, 3.8) is 0 Å². The second kappa shape index (κ2) is 4.93. The number of halogens is 1. The maximum absolute atomic E-state index is 5.49. The van der Waals surface area contributed by atoms with Gasteiger partial charge in [0.25, 0.3) is 0 Å². The zero-order valence-corrected chi connectivity index (χ0v) is 8.29. The van der Waals surface area contributed by atoms with Crippen molar-refractivity contribution < 1.29 is 0 Å². The van der Waals surface area contributed by atoms with Gasteiger partial charge in [-0.15, -0.1) is 0 Å². The third-order valence-electron chi connectivity index (χ3n) is 1.37. The van der Waals surface area contributed by atoms with Crippen molar-refractivity contribution >= 4 is 27.7 Å². The molecule has 0 aliphatic heterocycles. The van der Waals surface area contributed by atoms with Crippen molar-refractivity contribution in [3.8, 4) is 0 Å². The number of rotatable bonds is 3. The lowest BCUT2D eigenvalue weighted by Gasteiger charge is -1.92. The van der Waals surface area contributed by atoms with Gasteiger partial charge in [0, 0.05) is 5.33 Å². The van der Waals surface area contributed by atoms with Crippen molar-refractivity contribution in [2.24, 2.45) is 0 Å². The number of allylic oxidation sites excluding steroid dienone is 1. The van der Waals surface area contributed by atoms with Crippen LogP contribution in [0.25, 0.3) is 6.08 Å². The van der Waals surface area contributed by atoms with Crippen LogP contribution >= 0.6 is 15.9 Å². The molecule has 0 bridgehead atoms. The van der Waals surface area contributed by atoms with Crippen molar-refractivity contribution in [1.29, 1.82) is 0 Å². The van der Waals surface area contributed by atoms with E-state index < -0.39 is 0 Å². The summed E-state index contributed by atoms with van der Waals surface area (Å²) in [5.74, 6) is 0. The standard InChI is InChI=1S/C9H11BrN2/c10-6-2-1-3-9-5-4-8(11)7-12-9/h1,3-5,7H,2,6,11H2. The lowest BCUT2D eigenvalue weighted by molar-refractivity contribution is 1.25. The summed E-state index contributed by atoms with van der Waals surface area (Å²) in [6, 6.07) is 3.75. The first-order valence-electron chi connectivity index (χ1n) is 3.77. The van der Waals surface area contributed by atoms with Crippen LogP contribution in [0.4, 0.5) is 5.69 Å². The molecule has 0 amide bonds. The normalized spacial score (nSPS) is 10.8. The van der Waals surface area contributed by atoms with Gasteiger partial charge in [-0.3, -0.25) is 4.98 Å². The first-order valence-corrected chi connectivity index (χ1v) is 4.89. The van der Waals surface area contributed by atoms with Gasteiger partial charge in [0.15, 0.2) is 0 Å². The molecule has 0 aliphatic carbocycles.